The lowest BCUT2D eigenvalue weighted by atomic mass is 9.91. The Morgan fingerprint density at radius 1 is 1.26 bits per heavy atom. The van der Waals surface area contributed by atoms with Gasteiger partial charge >= 0.3 is 0 Å². The van der Waals surface area contributed by atoms with Crippen molar-refractivity contribution >= 4 is 27.8 Å². The van der Waals surface area contributed by atoms with Crippen LogP contribution in [-0.2, 0) is 4.79 Å². The first-order chi connectivity index (χ1) is 13.1. The fraction of sp³-hybridized carbons (Fsp3) is 0.190. The number of amides is 1. The number of imidazole rings is 1. The zero-order chi connectivity index (χ0) is 18.5. The molecule has 27 heavy (non-hydrogen) atoms. The number of hydrogen-bond acceptors (Lipinski definition) is 3. The number of nitrogens with one attached hydrogen (secondary N) is 2. The van der Waals surface area contributed by atoms with Gasteiger partial charge in [0.1, 0.15) is 5.82 Å². The minimum atomic E-state index is -0.00179. The Kier molecular flexibility index (Phi) is 3.40. The monoisotopic (exact) mass is 357 g/mol. The van der Waals surface area contributed by atoms with E-state index < -0.39 is 0 Å². The van der Waals surface area contributed by atoms with Crippen LogP contribution in [0.3, 0.4) is 0 Å². The summed E-state index contributed by atoms with van der Waals surface area (Å²) in [5.41, 5.74) is 6.39. The molecule has 3 heterocycles. The second-order valence-corrected chi connectivity index (χ2v) is 7.09. The van der Waals surface area contributed by atoms with Crippen LogP contribution in [0.15, 0.2) is 49.2 Å². The van der Waals surface area contributed by atoms with E-state index in [-0.39, 0.29) is 5.91 Å². The quantitative estimate of drug-likeness (QED) is 0.551. The molecule has 6 nitrogen and oxygen atoms in total. The molecule has 1 fully saturated rings. The maximum absolute atomic E-state index is 11.6. The van der Waals surface area contributed by atoms with Gasteiger partial charge in [-0.3, -0.25) is 9.89 Å². The van der Waals surface area contributed by atoms with E-state index in [2.05, 4.69) is 52.9 Å². The number of aryl methyl sites for hydroxylation is 1. The molecule has 1 amide bonds. The largest absolute Gasteiger partial charge is 0.338 e. The maximum atomic E-state index is 11.6. The van der Waals surface area contributed by atoms with Crippen LogP contribution >= 0.6 is 0 Å². The molecule has 1 saturated heterocycles. The van der Waals surface area contributed by atoms with Crippen LogP contribution in [0.4, 0.5) is 0 Å². The normalized spacial score (nSPS) is 14.6. The number of carbonyl (C=O) groups excluding carboxylic acids is 1. The molecule has 0 bridgehead atoms. The predicted molar refractivity (Wildman–Crippen MR) is 105 cm³/mol. The van der Waals surface area contributed by atoms with E-state index in [0.29, 0.717) is 5.92 Å². The molecular weight excluding hydrogens is 338 g/mol. The van der Waals surface area contributed by atoms with Crippen molar-refractivity contribution in [3.05, 3.63) is 60.3 Å². The first kappa shape index (κ1) is 15.8. The Morgan fingerprint density at radius 2 is 2.07 bits per heavy atom. The molecule has 134 valence electrons. The van der Waals surface area contributed by atoms with Crippen LogP contribution in [-0.4, -0.2) is 44.1 Å². The van der Waals surface area contributed by atoms with Crippen molar-refractivity contribution in [3.8, 4) is 11.4 Å². The standard InChI is InChI=1S/C21H19N5O/c1-3-19(27)26-10-14(11-26)13-5-7-17-18(8-13)24-21(23-17)20-12(2)4-6-16-15(20)9-22-25-16/h3-9,14H,1,10-11H2,2H3,(H,22,25)(H,23,24). The molecule has 0 spiro atoms. The second-order valence-electron chi connectivity index (χ2n) is 7.09. The number of H-pyrrole nitrogens is 2. The highest BCUT2D eigenvalue weighted by Crippen LogP contribution is 2.33. The Bertz CT molecular complexity index is 1200. The highest BCUT2D eigenvalue weighted by Gasteiger charge is 2.30. The number of aromatic amines is 2. The Balaban J connectivity index is 1.51. The van der Waals surface area contributed by atoms with Crippen molar-refractivity contribution in [3.63, 3.8) is 0 Å². The fourth-order valence-corrected chi connectivity index (χ4v) is 3.83. The molecule has 1 aliphatic heterocycles. The Labute approximate surface area is 155 Å². The number of benzene rings is 2. The summed E-state index contributed by atoms with van der Waals surface area (Å²) in [7, 11) is 0. The van der Waals surface area contributed by atoms with E-state index in [4.69, 9.17) is 4.98 Å². The first-order valence-electron chi connectivity index (χ1n) is 8.98. The summed E-state index contributed by atoms with van der Waals surface area (Å²) in [5, 5.41) is 8.24. The van der Waals surface area contributed by atoms with Gasteiger partial charge in [0, 0.05) is 30.0 Å². The minimum Gasteiger partial charge on any atom is -0.338 e. The number of nitrogens with zero attached hydrogens (tertiary/aromatic N) is 3. The third-order valence-corrected chi connectivity index (χ3v) is 5.42. The van der Waals surface area contributed by atoms with E-state index in [1.807, 2.05) is 12.3 Å². The number of hydrogen-bond donors (Lipinski definition) is 2. The van der Waals surface area contributed by atoms with Crippen LogP contribution in [0.2, 0.25) is 0 Å². The summed E-state index contributed by atoms with van der Waals surface area (Å²) in [5.74, 6) is 1.21. The predicted octanol–water partition coefficient (Wildman–Crippen LogP) is 3.53. The van der Waals surface area contributed by atoms with Crippen molar-refractivity contribution < 1.29 is 4.79 Å². The zero-order valence-electron chi connectivity index (χ0n) is 15.0. The molecule has 0 aliphatic carbocycles. The Morgan fingerprint density at radius 3 is 2.89 bits per heavy atom. The van der Waals surface area contributed by atoms with Gasteiger partial charge in [0.15, 0.2) is 0 Å². The van der Waals surface area contributed by atoms with Gasteiger partial charge in [-0.2, -0.15) is 5.10 Å². The summed E-state index contributed by atoms with van der Waals surface area (Å²) < 4.78 is 0. The maximum Gasteiger partial charge on any atom is 0.245 e. The average Bonchev–Trinajstić information content (AvgIpc) is 3.26. The van der Waals surface area contributed by atoms with Gasteiger partial charge in [0.25, 0.3) is 0 Å². The van der Waals surface area contributed by atoms with E-state index in [1.165, 1.54) is 11.6 Å². The number of likely N-dealkylation sites (tertiary alicyclic amines) is 1. The van der Waals surface area contributed by atoms with Gasteiger partial charge in [0.05, 0.1) is 22.7 Å². The van der Waals surface area contributed by atoms with Crippen molar-refractivity contribution in [2.75, 3.05) is 13.1 Å². The van der Waals surface area contributed by atoms with Crippen molar-refractivity contribution in [1.29, 1.82) is 0 Å². The van der Waals surface area contributed by atoms with Crippen molar-refractivity contribution in [2.24, 2.45) is 0 Å². The summed E-state index contributed by atoms with van der Waals surface area (Å²) in [4.78, 5) is 21.7. The smallest absolute Gasteiger partial charge is 0.245 e. The molecule has 6 heteroatoms. The number of fused-ring (bicyclic) bond motifs is 2. The minimum absolute atomic E-state index is 0.00179. The third kappa shape index (κ3) is 2.44. The van der Waals surface area contributed by atoms with Crippen LogP contribution in [0.5, 0.6) is 0 Å². The first-order valence-corrected chi connectivity index (χ1v) is 8.98. The lowest BCUT2D eigenvalue weighted by molar-refractivity contribution is -0.130. The molecule has 5 rings (SSSR count). The van der Waals surface area contributed by atoms with Crippen LogP contribution in [0, 0.1) is 6.92 Å². The number of aromatic nitrogens is 4. The average molecular weight is 357 g/mol. The summed E-state index contributed by atoms with van der Waals surface area (Å²) in [6.07, 6.45) is 3.22. The van der Waals surface area contributed by atoms with E-state index in [0.717, 1.165) is 52.0 Å². The number of rotatable bonds is 3. The van der Waals surface area contributed by atoms with Crippen LogP contribution < -0.4 is 0 Å². The van der Waals surface area contributed by atoms with Crippen molar-refractivity contribution in [1.82, 2.24) is 25.1 Å². The molecule has 4 aromatic rings. The topological polar surface area (TPSA) is 77.7 Å². The molecule has 0 atom stereocenters. The van der Waals surface area contributed by atoms with Gasteiger partial charge in [-0.1, -0.05) is 18.7 Å². The van der Waals surface area contributed by atoms with E-state index in [1.54, 1.807) is 4.90 Å². The van der Waals surface area contributed by atoms with Gasteiger partial charge in [0.2, 0.25) is 5.91 Å². The SMILES string of the molecule is C=CC(=O)N1CC(c2ccc3[nH]c(-c4c(C)ccc5[nH]ncc45)nc3c2)C1. The highest BCUT2D eigenvalue weighted by molar-refractivity contribution is 5.96. The fourth-order valence-electron chi connectivity index (χ4n) is 3.83. The summed E-state index contributed by atoms with van der Waals surface area (Å²) >= 11 is 0. The van der Waals surface area contributed by atoms with Crippen LogP contribution in [0.25, 0.3) is 33.3 Å². The lowest BCUT2D eigenvalue weighted by Gasteiger charge is -2.38. The molecule has 2 aromatic heterocycles. The van der Waals surface area contributed by atoms with Crippen LogP contribution in [0.1, 0.15) is 17.0 Å². The van der Waals surface area contributed by atoms with E-state index >= 15 is 0 Å². The van der Waals surface area contributed by atoms with Gasteiger partial charge in [-0.05, 0) is 42.3 Å². The molecule has 0 radical (unpaired) electrons. The van der Waals surface area contributed by atoms with Crippen molar-refractivity contribution in [2.45, 2.75) is 12.8 Å². The summed E-state index contributed by atoms with van der Waals surface area (Å²) in [6.45, 7) is 7.10. The molecular formula is C21H19N5O. The molecule has 0 saturated carbocycles. The zero-order valence-corrected chi connectivity index (χ0v) is 15.0. The highest BCUT2D eigenvalue weighted by atomic mass is 16.2. The molecule has 0 unspecified atom stereocenters. The van der Waals surface area contributed by atoms with Gasteiger partial charge < -0.3 is 9.88 Å². The lowest BCUT2D eigenvalue weighted by Crippen LogP contribution is -2.47. The summed E-state index contributed by atoms with van der Waals surface area (Å²) in [6, 6.07) is 10.4. The second kappa shape index (κ2) is 5.81. The van der Waals surface area contributed by atoms with Gasteiger partial charge in [-0.15, -0.1) is 0 Å². The van der Waals surface area contributed by atoms with Gasteiger partial charge in [-0.25, -0.2) is 4.98 Å². The third-order valence-electron chi connectivity index (χ3n) is 5.42. The molecule has 2 N–H and O–H groups in total. The molecule has 2 aromatic carbocycles. The Hall–Kier alpha value is -3.41. The number of carbonyl (C=O) groups is 1. The van der Waals surface area contributed by atoms with E-state index in [9.17, 15) is 4.79 Å². The molecule has 1 aliphatic rings.